The van der Waals surface area contributed by atoms with Crippen LogP contribution in [0.3, 0.4) is 0 Å². The van der Waals surface area contributed by atoms with Crippen LogP contribution in [0, 0.1) is 0 Å². The summed E-state index contributed by atoms with van der Waals surface area (Å²) in [6.45, 7) is 9.81. The number of hydrogen-bond donors (Lipinski definition) is 1. The summed E-state index contributed by atoms with van der Waals surface area (Å²) in [4.78, 5) is 35.8. The van der Waals surface area contributed by atoms with Crippen LogP contribution < -0.4 is 10.2 Å². The quantitative estimate of drug-likeness (QED) is 0.556. The minimum absolute atomic E-state index is 0.000766. The van der Waals surface area contributed by atoms with Gasteiger partial charge < -0.3 is 14.5 Å². The van der Waals surface area contributed by atoms with Gasteiger partial charge in [-0.2, -0.15) is 4.79 Å². The highest BCUT2D eigenvalue weighted by atomic mass is 79.9. The smallest absolute Gasteiger partial charge is 0.414 e. The monoisotopic (exact) mass is 576 g/mol. The van der Waals surface area contributed by atoms with Crippen LogP contribution in [-0.2, 0) is 9.53 Å². The maximum atomic E-state index is 13.7. The number of nitrogens with one attached hydrogen (secondary N) is 1. The van der Waals surface area contributed by atoms with Crippen molar-refractivity contribution in [2.75, 3.05) is 55.8 Å². The van der Waals surface area contributed by atoms with Gasteiger partial charge in [0.15, 0.2) is 0 Å². The Morgan fingerprint density at radius 3 is 2.56 bits per heavy atom. The Kier molecular flexibility index (Phi) is 7.24. The molecule has 1 N–H and O–H groups in total. The van der Waals surface area contributed by atoms with Gasteiger partial charge in [-0.3, -0.25) is 10.1 Å². The highest BCUT2D eigenvalue weighted by molar-refractivity contribution is 9.10. The average molecular weight is 578 g/mol. The number of anilines is 1. The summed E-state index contributed by atoms with van der Waals surface area (Å²) < 4.78 is 7.20. The van der Waals surface area contributed by atoms with E-state index in [0.717, 1.165) is 39.2 Å². The van der Waals surface area contributed by atoms with Crippen LogP contribution in [0.1, 0.15) is 27.2 Å². The van der Waals surface area contributed by atoms with Gasteiger partial charge in [0.05, 0.1) is 25.0 Å². The molecule has 3 aliphatic heterocycles. The first kappa shape index (κ1) is 25.8. The van der Waals surface area contributed by atoms with E-state index in [9.17, 15) is 9.59 Å². The SMILES string of the molecule is CC(C)(C)OC(=O)[N+]1([C@@H]2CN[C@H](C(=O)N3CCSC3)C2)CCN(c2ncc(Br)c3ccccc23)CC1. The van der Waals surface area contributed by atoms with E-state index in [1.54, 1.807) is 11.8 Å². The van der Waals surface area contributed by atoms with Crippen LogP contribution >= 0.6 is 27.7 Å². The number of carbonyl (C=O) groups excluding carboxylic acids is 2. The van der Waals surface area contributed by atoms with E-state index in [0.29, 0.717) is 39.1 Å². The molecule has 3 fully saturated rings. The Morgan fingerprint density at radius 2 is 1.89 bits per heavy atom. The molecule has 10 heteroatoms. The van der Waals surface area contributed by atoms with E-state index in [4.69, 9.17) is 9.72 Å². The van der Waals surface area contributed by atoms with E-state index >= 15 is 0 Å². The van der Waals surface area contributed by atoms with Gasteiger partial charge in [-0.15, -0.1) is 11.8 Å². The second kappa shape index (κ2) is 10.1. The molecule has 0 unspecified atom stereocenters. The molecule has 36 heavy (non-hydrogen) atoms. The van der Waals surface area contributed by atoms with Crippen molar-refractivity contribution in [2.45, 2.75) is 44.9 Å². The fraction of sp³-hybridized carbons (Fsp3) is 0.577. The van der Waals surface area contributed by atoms with Gasteiger partial charge in [-0.1, -0.05) is 24.3 Å². The number of amides is 2. The Labute approximate surface area is 225 Å². The van der Waals surface area contributed by atoms with Crippen molar-refractivity contribution in [2.24, 2.45) is 0 Å². The molecule has 8 nitrogen and oxygen atoms in total. The highest BCUT2D eigenvalue weighted by Gasteiger charge is 2.53. The number of rotatable bonds is 3. The summed E-state index contributed by atoms with van der Waals surface area (Å²) in [7, 11) is 0. The molecule has 1 aromatic heterocycles. The molecule has 194 valence electrons. The summed E-state index contributed by atoms with van der Waals surface area (Å²) in [5.41, 5.74) is -0.572. The molecule has 2 atom stereocenters. The summed E-state index contributed by atoms with van der Waals surface area (Å²) in [5, 5.41) is 5.67. The van der Waals surface area contributed by atoms with Crippen LogP contribution in [0.25, 0.3) is 10.8 Å². The van der Waals surface area contributed by atoms with E-state index in [2.05, 4.69) is 38.3 Å². The summed E-state index contributed by atoms with van der Waals surface area (Å²) in [5.74, 6) is 2.86. The minimum Gasteiger partial charge on any atom is -0.414 e. The van der Waals surface area contributed by atoms with E-state index in [1.807, 2.05) is 44.0 Å². The van der Waals surface area contributed by atoms with Crippen LogP contribution in [0.2, 0.25) is 0 Å². The molecule has 3 aliphatic rings. The predicted octanol–water partition coefficient (Wildman–Crippen LogP) is 3.83. The number of hydrogen-bond acceptors (Lipinski definition) is 7. The molecule has 0 saturated carbocycles. The summed E-state index contributed by atoms with van der Waals surface area (Å²) in [6, 6.07) is 8.02. The van der Waals surface area contributed by atoms with Crippen molar-refractivity contribution in [3.63, 3.8) is 0 Å². The lowest BCUT2D eigenvalue weighted by molar-refractivity contribution is -0.881. The number of pyridine rings is 1. The highest BCUT2D eigenvalue weighted by Crippen LogP contribution is 2.34. The number of benzene rings is 1. The maximum Gasteiger partial charge on any atom is 0.516 e. The number of nitrogens with zero attached hydrogens (tertiary/aromatic N) is 4. The second-order valence-corrected chi connectivity index (χ2v) is 12.8. The molecule has 0 radical (unpaired) electrons. The predicted molar refractivity (Wildman–Crippen MR) is 147 cm³/mol. The van der Waals surface area contributed by atoms with Crippen LogP contribution in [-0.4, -0.2) is 95.0 Å². The first-order chi connectivity index (χ1) is 17.2. The van der Waals surface area contributed by atoms with Crippen molar-refractivity contribution in [3.8, 4) is 0 Å². The Morgan fingerprint density at radius 1 is 1.17 bits per heavy atom. The molecule has 1 aromatic carbocycles. The largest absolute Gasteiger partial charge is 0.516 e. The first-order valence-corrected chi connectivity index (χ1v) is 14.6. The summed E-state index contributed by atoms with van der Waals surface area (Å²) in [6.07, 6.45) is 2.32. The lowest BCUT2D eigenvalue weighted by Gasteiger charge is -2.46. The molecular formula is C26H35BrN5O3S+. The van der Waals surface area contributed by atoms with Gasteiger partial charge in [-0.05, 0) is 36.7 Å². The van der Waals surface area contributed by atoms with Gasteiger partial charge in [0.2, 0.25) is 5.91 Å². The van der Waals surface area contributed by atoms with Crippen LogP contribution in [0.4, 0.5) is 10.6 Å². The molecule has 2 aromatic rings. The van der Waals surface area contributed by atoms with E-state index < -0.39 is 5.60 Å². The van der Waals surface area contributed by atoms with Crippen molar-refractivity contribution < 1.29 is 18.8 Å². The lowest BCUT2D eigenvalue weighted by atomic mass is 10.0. The fourth-order valence-corrected chi connectivity index (χ4v) is 6.97. The number of ether oxygens (including phenoxy) is 1. The third-order valence-electron chi connectivity index (χ3n) is 7.49. The topological polar surface area (TPSA) is 74.8 Å². The second-order valence-electron chi connectivity index (χ2n) is 10.9. The summed E-state index contributed by atoms with van der Waals surface area (Å²) >= 11 is 5.42. The van der Waals surface area contributed by atoms with Crippen molar-refractivity contribution in [3.05, 3.63) is 34.9 Å². The Hall–Kier alpha value is -1.88. The Balaban J connectivity index is 1.38. The average Bonchev–Trinajstić information content (AvgIpc) is 3.56. The van der Waals surface area contributed by atoms with Crippen LogP contribution in [0.15, 0.2) is 34.9 Å². The van der Waals surface area contributed by atoms with E-state index in [-0.39, 0.29) is 28.6 Å². The van der Waals surface area contributed by atoms with E-state index in [1.165, 1.54) is 0 Å². The van der Waals surface area contributed by atoms with Crippen LogP contribution in [0.5, 0.6) is 0 Å². The van der Waals surface area contributed by atoms with Crippen molar-refractivity contribution in [1.29, 1.82) is 0 Å². The van der Waals surface area contributed by atoms with Gasteiger partial charge >= 0.3 is 6.09 Å². The molecule has 0 aliphatic carbocycles. The molecule has 3 saturated heterocycles. The number of thioether (sulfide) groups is 1. The number of carbonyl (C=O) groups is 2. The number of halogens is 1. The first-order valence-electron chi connectivity index (χ1n) is 12.7. The van der Waals surface area contributed by atoms with Crippen molar-refractivity contribution >= 4 is 56.3 Å². The molecule has 2 amide bonds. The lowest BCUT2D eigenvalue weighted by Crippen LogP contribution is -2.68. The molecule has 0 bridgehead atoms. The number of aromatic nitrogens is 1. The Bertz CT molecular complexity index is 1140. The number of fused-ring (bicyclic) bond motifs is 1. The number of piperazine rings is 1. The van der Waals surface area contributed by atoms with Gasteiger partial charge in [0, 0.05) is 46.7 Å². The third-order valence-corrected chi connectivity index (χ3v) is 9.09. The zero-order valence-electron chi connectivity index (χ0n) is 21.2. The third kappa shape index (κ3) is 4.97. The standard InChI is InChI=1S/C26H35BrN5O3S/c1-26(2,3)35-25(34)32(18-14-22(28-15-18)24(33)31-10-13-36-17-31)11-8-30(9-12-32)23-20-7-5-4-6-19(20)21(27)16-29-23/h4-7,16,18,22,28H,8-15,17H2,1-3H3/q+1/t18-,22-/m0/s1. The van der Waals surface area contributed by atoms with Gasteiger partial charge in [0.25, 0.3) is 0 Å². The number of quaternary nitrogens is 1. The zero-order valence-corrected chi connectivity index (χ0v) is 23.6. The molecule has 4 heterocycles. The van der Waals surface area contributed by atoms with Gasteiger partial charge in [-0.25, -0.2) is 9.47 Å². The molecular weight excluding hydrogens is 542 g/mol. The molecule has 5 rings (SSSR count). The molecule has 0 spiro atoms. The minimum atomic E-state index is -0.572. The fourth-order valence-electron chi connectivity index (χ4n) is 5.57. The van der Waals surface area contributed by atoms with Gasteiger partial charge in [0.1, 0.15) is 30.6 Å². The normalized spacial score (nSPS) is 24.3. The zero-order chi connectivity index (χ0) is 25.5. The van der Waals surface area contributed by atoms with Crippen molar-refractivity contribution in [1.82, 2.24) is 15.2 Å². The maximum absolute atomic E-state index is 13.7.